The molecule has 5 rings (SSSR count). The van der Waals surface area contributed by atoms with Gasteiger partial charge in [0, 0.05) is 5.69 Å². The van der Waals surface area contributed by atoms with Gasteiger partial charge < -0.3 is 14.7 Å². The maximum Gasteiger partial charge on any atom is 0.417 e. The van der Waals surface area contributed by atoms with Crippen LogP contribution >= 0.6 is 0 Å². The highest BCUT2D eigenvalue weighted by molar-refractivity contribution is 5.88. The molecule has 0 aromatic heterocycles. The predicted octanol–water partition coefficient (Wildman–Crippen LogP) is 4.35. The zero-order valence-electron chi connectivity index (χ0n) is 18.0. The van der Waals surface area contributed by atoms with Crippen LogP contribution in [0.4, 0.5) is 15.3 Å². The summed E-state index contributed by atoms with van der Waals surface area (Å²) in [4.78, 5) is 44.5. The number of rotatable bonds is 6. The molecule has 1 fully saturated rings. The van der Waals surface area contributed by atoms with E-state index >= 15 is 0 Å². The molecule has 2 unspecified atom stereocenters. The number of carbonyl (C=O) groups excluding carboxylic acids is 2. The minimum atomic E-state index is -1.16. The van der Waals surface area contributed by atoms with Gasteiger partial charge in [-0.2, -0.15) is 5.06 Å². The highest BCUT2D eigenvalue weighted by Gasteiger charge is 2.51. The summed E-state index contributed by atoms with van der Waals surface area (Å²) in [6.07, 6.45) is -0.682. The van der Waals surface area contributed by atoms with Gasteiger partial charge in [0.2, 0.25) is 0 Å². The number of carbonyl (C=O) groups is 3. The molecule has 2 heterocycles. The largest absolute Gasteiger partial charge is 0.479 e. The minimum Gasteiger partial charge on any atom is -0.479 e. The van der Waals surface area contributed by atoms with Crippen LogP contribution in [0.3, 0.4) is 0 Å². The molecule has 1 saturated heterocycles. The number of urea groups is 1. The number of carboxylic acids is 1. The molecule has 2 N–H and O–H groups in total. The van der Waals surface area contributed by atoms with E-state index in [0.717, 1.165) is 5.56 Å². The molecule has 3 aromatic carbocycles. The van der Waals surface area contributed by atoms with Crippen LogP contribution in [0.1, 0.15) is 28.8 Å². The quantitative estimate of drug-likeness (QED) is 0.568. The van der Waals surface area contributed by atoms with E-state index in [1.165, 1.54) is 16.0 Å². The van der Waals surface area contributed by atoms with E-state index in [1.54, 1.807) is 36.4 Å². The number of nitrogens with one attached hydrogen (secondary N) is 1. The Morgan fingerprint density at radius 2 is 1.68 bits per heavy atom. The molecular weight excluding hydrogens is 438 g/mol. The molecule has 2 bridgehead atoms. The van der Waals surface area contributed by atoms with E-state index in [2.05, 4.69) is 5.32 Å². The van der Waals surface area contributed by atoms with Crippen molar-refractivity contribution in [2.75, 3.05) is 11.9 Å². The number of hydroxylamine groups is 2. The van der Waals surface area contributed by atoms with Gasteiger partial charge in [-0.05, 0) is 41.0 Å². The number of benzene rings is 3. The van der Waals surface area contributed by atoms with Crippen LogP contribution in [0.5, 0.6) is 5.75 Å². The van der Waals surface area contributed by atoms with E-state index in [1.807, 2.05) is 36.4 Å². The van der Waals surface area contributed by atoms with Crippen LogP contribution in [-0.4, -0.2) is 39.7 Å². The number of para-hydroxylation sites is 1. The first-order valence-electron chi connectivity index (χ1n) is 10.7. The summed E-state index contributed by atoms with van der Waals surface area (Å²) in [6, 6.07) is 20.7. The molecular formula is C25H21N3O6. The number of anilines is 1. The van der Waals surface area contributed by atoms with Crippen molar-refractivity contribution in [2.45, 2.75) is 18.7 Å². The third kappa shape index (κ3) is 4.04. The summed E-state index contributed by atoms with van der Waals surface area (Å²) >= 11 is 0. The fraction of sp³-hybridized carbons (Fsp3) is 0.160. The molecule has 2 aliphatic rings. The van der Waals surface area contributed by atoms with Gasteiger partial charge in [0.15, 0.2) is 6.04 Å². The summed E-state index contributed by atoms with van der Waals surface area (Å²) in [5, 5.41) is 13.7. The molecule has 3 aromatic rings. The van der Waals surface area contributed by atoms with Gasteiger partial charge in [-0.1, -0.05) is 54.6 Å². The summed E-state index contributed by atoms with van der Waals surface area (Å²) in [6.45, 7) is 0.302. The van der Waals surface area contributed by atoms with Crippen LogP contribution < -0.4 is 10.1 Å². The Balaban J connectivity index is 1.40. The molecule has 0 radical (unpaired) electrons. The average molecular weight is 459 g/mol. The maximum atomic E-state index is 13.0. The lowest BCUT2D eigenvalue weighted by Gasteiger charge is -2.30. The average Bonchev–Trinajstić information content (AvgIpc) is 3.11. The van der Waals surface area contributed by atoms with Crippen molar-refractivity contribution >= 4 is 23.8 Å². The van der Waals surface area contributed by atoms with Crippen molar-refractivity contribution in [1.29, 1.82) is 0 Å². The number of hydrogen-bond donors (Lipinski definition) is 2. The van der Waals surface area contributed by atoms with Crippen molar-refractivity contribution < 1.29 is 29.1 Å². The monoisotopic (exact) mass is 459 g/mol. The molecule has 9 nitrogen and oxygen atoms in total. The number of aliphatic carboxylic acids is 1. The van der Waals surface area contributed by atoms with Crippen molar-refractivity contribution in [2.24, 2.45) is 0 Å². The Labute approximate surface area is 195 Å². The molecule has 3 amide bonds. The van der Waals surface area contributed by atoms with Crippen LogP contribution in [-0.2, 0) is 16.2 Å². The lowest BCUT2D eigenvalue weighted by Crippen LogP contribution is -2.38. The second-order valence-corrected chi connectivity index (χ2v) is 7.95. The number of fused-ring (bicyclic) bond motifs is 4. The van der Waals surface area contributed by atoms with Crippen molar-refractivity contribution in [3.05, 3.63) is 95.6 Å². The second kappa shape index (κ2) is 8.87. The SMILES string of the molecule is O=C(Nc1ccccc1)Oc1ccc2c(c1)C1CN(C(=O)N1OCc1ccccc1)C2C(=O)O. The van der Waals surface area contributed by atoms with E-state index in [9.17, 15) is 19.5 Å². The molecule has 172 valence electrons. The lowest BCUT2D eigenvalue weighted by atomic mass is 9.91. The van der Waals surface area contributed by atoms with Crippen LogP contribution in [0.15, 0.2) is 78.9 Å². The first-order chi connectivity index (χ1) is 16.5. The number of hydrogen-bond acceptors (Lipinski definition) is 5. The third-order valence-corrected chi connectivity index (χ3v) is 5.79. The van der Waals surface area contributed by atoms with Gasteiger partial charge in [0.05, 0.1) is 6.54 Å². The molecule has 34 heavy (non-hydrogen) atoms. The zero-order valence-corrected chi connectivity index (χ0v) is 18.0. The van der Waals surface area contributed by atoms with E-state index < -0.39 is 30.2 Å². The molecule has 2 atom stereocenters. The van der Waals surface area contributed by atoms with Crippen molar-refractivity contribution in [1.82, 2.24) is 9.96 Å². The summed E-state index contributed by atoms with van der Waals surface area (Å²) in [5.74, 6) is -0.916. The molecule has 0 spiro atoms. The highest BCUT2D eigenvalue weighted by atomic mass is 16.7. The fourth-order valence-electron chi connectivity index (χ4n) is 4.26. The third-order valence-electron chi connectivity index (χ3n) is 5.79. The van der Waals surface area contributed by atoms with Crippen LogP contribution in [0.25, 0.3) is 0 Å². The normalized spacial score (nSPS) is 18.4. The summed E-state index contributed by atoms with van der Waals surface area (Å²) in [5.41, 5.74) is 2.47. The van der Waals surface area contributed by atoms with Gasteiger partial charge in [-0.3, -0.25) is 10.2 Å². The van der Waals surface area contributed by atoms with Gasteiger partial charge in [0.25, 0.3) is 0 Å². The standard InChI is InChI=1S/C25H21N3O6/c29-23(30)22-19-12-11-18(34-24(31)26-17-9-5-2-6-10-17)13-20(19)21-14-27(22)25(32)28(21)33-15-16-7-3-1-4-8-16/h1-13,21-22H,14-15H2,(H,26,31)(H,29,30). The minimum absolute atomic E-state index is 0.150. The number of ether oxygens (including phenoxy) is 1. The van der Waals surface area contributed by atoms with Gasteiger partial charge in [-0.15, -0.1) is 0 Å². The van der Waals surface area contributed by atoms with E-state index in [0.29, 0.717) is 16.8 Å². The Morgan fingerprint density at radius 3 is 2.38 bits per heavy atom. The summed E-state index contributed by atoms with van der Waals surface area (Å²) in [7, 11) is 0. The Kier molecular flexibility index (Phi) is 5.60. The number of nitrogens with zero attached hydrogens (tertiary/aromatic N) is 2. The first kappa shape index (κ1) is 21.5. The van der Waals surface area contributed by atoms with Gasteiger partial charge in [0.1, 0.15) is 18.4 Å². The molecule has 2 aliphatic heterocycles. The topological polar surface area (TPSA) is 108 Å². The predicted molar refractivity (Wildman–Crippen MR) is 121 cm³/mol. The summed E-state index contributed by atoms with van der Waals surface area (Å²) < 4.78 is 5.42. The lowest BCUT2D eigenvalue weighted by molar-refractivity contribution is -0.143. The Hall–Kier alpha value is -4.37. The smallest absolute Gasteiger partial charge is 0.417 e. The number of carboxylic acid groups (broad SMARTS) is 1. The van der Waals surface area contributed by atoms with E-state index in [-0.39, 0.29) is 18.9 Å². The van der Waals surface area contributed by atoms with Crippen LogP contribution in [0.2, 0.25) is 0 Å². The fourth-order valence-corrected chi connectivity index (χ4v) is 4.26. The molecule has 9 heteroatoms. The number of amides is 3. The first-order valence-corrected chi connectivity index (χ1v) is 10.7. The van der Waals surface area contributed by atoms with Gasteiger partial charge >= 0.3 is 18.1 Å². The van der Waals surface area contributed by atoms with Crippen molar-refractivity contribution in [3.63, 3.8) is 0 Å². The van der Waals surface area contributed by atoms with Gasteiger partial charge in [-0.25, -0.2) is 14.4 Å². The zero-order chi connectivity index (χ0) is 23.7. The molecule has 0 saturated carbocycles. The highest BCUT2D eigenvalue weighted by Crippen LogP contribution is 2.45. The molecule has 0 aliphatic carbocycles. The van der Waals surface area contributed by atoms with Crippen LogP contribution in [0, 0.1) is 0 Å². The maximum absolute atomic E-state index is 13.0. The van der Waals surface area contributed by atoms with E-state index in [4.69, 9.17) is 9.57 Å². The van der Waals surface area contributed by atoms with Crippen molar-refractivity contribution in [3.8, 4) is 5.75 Å². The Bertz CT molecular complexity index is 1230. The Morgan fingerprint density at radius 1 is 0.971 bits per heavy atom. The second-order valence-electron chi connectivity index (χ2n) is 7.95.